The number of nitrogens with one attached hydrogen (secondary N) is 1. The molecule has 0 spiro atoms. The van der Waals surface area contributed by atoms with Gasteiger partial charge in [0.15, 0.2) is 0 Å². The second-order valence-corrected chi connectivity index (χ2v) is 5.37. The maximum absolute atomic E-state index is 12.1. The molecule has 1 aromatic rings. The fraction of sp³-hybridized carbons (Fsp3) is 0.385. The molecule has 1 aliphatic rings. The van der Waals surface area contributed by atoms with Gasteiger partial charge in [0.05, 0.1) is 10.0 Å². The van der Waals surface area contributed by atoms with Crippen molar-refractivity contribution in [2.75, 3.05) is 0 Å². The number of carbonyl (C=O) groups excluding carboxylic acids is 2. The Hall–Kier alpha value is -1.26. The summed E-state index contributed by atoms with van der Waals surface area (Å²) < 4.78 is 0. The molecule has 0 aromatic heterocycles. The second-order valence-electron chi connectivity index (χ2n) is 4.59. The summed E-state index contributed by atoms with van der Waals surface area (Å²) in [6, 6.07) is 4.22. The molecule has 2 unspecified atom stereocenters. The van der Waals surface area contributed by atoms with Gasteiger partial charge in [0, 0.05) is 6.54 Å². The molecule has 0 aliphatic carbocycles. The van der Waals surface area contributed by atoms with Crippen LogP contribution in [0.5, 0.6) is 0 Å². The number of hydrogen-bond acceptors (Lipinski definition) is 2. The van der Waals surface area contributed by atoms with Crippen molar-refractivity contribution in [3.05, 3.63) is 33.8 Å². The molecular weight excluding hydrogens is 287 g/mol. The number of hydrogen-bond donors (Lipinski definition) is 1. The van der Waals surface area contributed by atoms with E-state index in [1.54, 1.807) is 32.0 Å². The van der Waals surface area contributed by atoms with Gasteiger partial charge in [-0.3, -0.25) is 9.59 Å². The highest BCUT2D eigenvalue weighted by atomic mass is 35.5. The lowest BCUT2D eigenvalue weighted by Crippen LogP contribution is -2.60. The third-order valence-corrected chi connectivity index (χ3v) is 4.09. The minimum Gasteiger partial charge on any atom is -0.343 e. The fourth-order valence-corrected chi connectivity index (χ4v) is 2.43. The first-order valence-corrected chi connectivity index (χ1v) is 6.71. The molecule has 0 radical (unpaired) electrons. The van der Waals surface area contributed by atoms with Crippen LogP contribution in [0.15, 0.2) is 18.2 Å². The molecule has 4 nitrogen and oxygen atoms in total. The summed E-state index contributed by atoms with van der Waals surface area (Å²) in [5.74, 6) is -0.284. The molecule has 2 atom stereocenters. The van der Waals surface area contributed by atoms with E-state index in [2.05, 4.69) is 5.32 Å². The summed E-state index contributed by atoms with van der Waals surface area (Å²) in [6.07, 6.45) is 0. The van der Waals surface area contributed by atoms with Crippen molar-refractivity contribution in [1.29, 1.82) is 0 Å². The number of carbonyl (C=O) groups is 2. The van der Waals surface area contributed by atoms with E-state index in [0.717, 1.165) is 5.56 Å². The molecule has 1 aromatic carbocycles. The average molecular weight is 301 g/mol. The van der Waals surface area contributed by atoms with Crippen LogP contribution in [-0.4, -0.2) is 28.8 Å². The monoisotopic (exact) mass is 300 g/mol. The van der Waals surface area contributed by atoms with E-state index in [4.69, 9.17) is 23.2 Å². The van der Waals surface area contributed by atoms with Gasteiger partial charge in [-0.25, -0.2) is 0 Å². The van der Waals surface area contributed by atoms with Gasteiger partial charge in [-0.1, -0.05) is 35.3 Å². The summed E-state index contributed by atoms with van der Waals surface area (Å²) in [5.41, 5.74) is 0.733. The molecule has 0 bridgehead atoms. The first kappa shape index (κ1) is 14.2. The Morgan fingerprint density at radius 3 is 2.63 bits per heavy atom. The quantitative estimate of drug-likeness (QED) is 0.910. The van der Waals surface area contributed by atoms with Crippen LogP contribution < -0.4 is 5.32 Å². The third kappa shape index (κ3) is 2.69. The summed E-state index contributed by atoms with van der Waals surface area (Å²) in [7, 11) is 0. The molecule has 1 fully saturated rings. The van der Waals surface area contributed by atoms with E-state index in [1.807, 2.05) is 0 Å². The standard InChI is InChI=1S/C13H14Cl2N2O2/c1-7-13(19)17(8(2)12(18)16-7)6-9-4-3-5-10(14)11(9)15/h3-5,7-8H,6H2,1-2H3,(H,16,18). The zero-order valence-electron chi connectivity index (χ0n) is 10.6. The lowest BCUT2D eigenvalue weighted by Gasteiger charge is -2.36. The van der Waals surface area contributed by atoms with Gasteiger partial charge < -0.3 is 10.2 Å². The minimum absolute atomic E-state index is 0.122. The van der Waals surface area contributed by atoms with Crippen molar-refractivity contribution in [2.24, 2.45) is 0 Å². The topological polar surface area (TPSA) is 49.4 Å². The Bertz CT molecular complexity index is 533. The number of rotatable bonds is 2. The molecule has 1 heterocycles. The molecule has 102 valence electrons. The highest BCUT2D eigenvalue weighted by molar-refractivity contribution is 6.42. The molecule has 1 aliphatic heterocycles. The number of nitrogens with zero attached hydrogens (tertiary/aromatic N) is 1. The van der Waals surface area contributed by atoms with Gasteiger partial charge in [0.1, 0.15) is 12.1 Å². The fourth-order valence-electron chi connectivity index (χ4n) is 2.05. The van der Waals surface area contributed by atoms with Crippen molar-refractivity contribution < 1.29 is 9.59 Å². The van der Waals surface area contributed by atoms with Crippen molar-refractivity contribution in [3.8, 4) is 0 Å². The molecule has 19 heavy (non-hydrogen) atoms. The Kier molecular flexibility index (Phi) is 4.02. The van der Waals surface area contributed by atoms with Crippen LogP contribution >= 0.6 is 23.2 Å². The van der Waals surface area contributed by atoms with Gasteiger partial charge in [-0.2, -0.15) is 0 Å². The smallest absolute Gasteiger partial charge is 0.245 e. The van der Waals surface area contributed by atoms with E-state index in [0.29, 0.717) is 10.0 Å². The molecule has 2 rings (SSSR count). The maximum Gasteiger partial charge on any atom is 0.245 e. The third-order valence-electron chi connectivity index (χ3n) is 3.23. The first-order chi connectivity index (χ1) is 8.91. The highest BCUT2D eigenvalue weighted by Crippen LogP contribution is 2.27. The largest absolute Gasteiger partial charge is 0.343 e. The molecular formula is C13H14Cl2N2O2. The van der Waals surface area contributed by atoms with Crippen molar-refractivity contribution in [1.82, 2.24) is 10.2 Å². The number of amides is 2. The van der Waals surface area contributed by atoms with E-state index < -0.39 is 12.1 Å². The molecule has 0 saturated carbocycles. The van der Waals surface area contributed by atoms with Crippen molar-refractivity contribution in [2.45, 2.75) is 32.5 Å². The van der Waals surface area contributed by atoms with Gasteiger partial charge >= 0.3 is 0 Å². The predicted molar refractivity (Wildman–Crippen MR) is 74.1 cm³/mol. The van der Waals surface area contributed by atoms with Gasteiger partial charge in [0.2, 0.25) is 11.8 Å². The van der Waals surface area contributed by atoms with E-state index in [-0.39, 0.29) is 18.4 Å². The van der Waals surface area contributed by atoms with Gasteiger partial charge in [-0.15, -0.1) is 0 Å². The highest BCUT2D eigenvalue weighted by Gasteiger charge is 2.35. The molecule has 6 heteroatoms. The van der Waals surface area contributed by atoms with Crippen LogP contribution in [0, 0.1) is 0 Å². The number of benzene rings is 1. The number of halogens is 2. The van der Waals surface area contributed by atoms with Crippen LogP contribution in [0.25, 0.3) is 0 Å². The first-order valence-electron chi connectivity index (χ1n) is 5.95. The minimum atomic E-state index is -0.515. The zero-order valence-corrected chi connectivity index (χ0v) is 12.1. The number of piperazine rings is 1. The summed E-state index contributed by atoms with van der Waals surface area (Å²) in [6.45, 7) is 3.63. The predicted octanol–water partition coefficient (Wildman–Crippen LogP) is 2.23. The molecule has 1 saturated heterocycles. The van der Waals surface area contributed by atoms with Crippen LogP contribution in [0.3, 0.4) is 0 Å². The Morgan fingerprint density at radius 2 is 1.95 bits per heavy atom. The maximum atomic E-state index is 12.1. The van der Waals surface area contributed by atoms with Crippen LogP contribution in [0.1, 0.15) is 19.4 Å². The van der Waals surface area contributed by atoms with Crippen LogP contribution in [0.4, 0.5) is 0 Å². The molecule has 2 amide bonds. The Labute approximate surface area is 121 Å². The van der Waals surface area contributed by atoms with Crippen molar-refractivity contribution >= 4 is 35.0 Å². The summed E-state index contributed by atoms with van der Waals surface area (Å²) in [5, 5.41) is 3.49. The average Bonchev–Trinajstić information content (AvgIpc) is 2.37. The van der Waals surface area contributed by atoms with Gasteiger partial charge in [0.25, 0.3) is 0 Å². The van der Waals surface area contributed by atoms with Crippen LogP contribution in [0.2, 0.25) is 10.0 Å². The Balaban J connectivity index is 2.28. The summed E-state index contributed by atoms with van der Waals surface area (Å²) >= 11 is 12.1. The van der Waals surface area contributed by atoms with E-state index >= 15 is 0 Å². The van der Waals surface area contributed by atoms with E-state index in [9.17, 15) is 9.59 Å². The van der Waals surface area contributed by atoms with E-state index in [1.165, 1.54) is 4.90 Å². The summed E-state index contributed by atoms with van der Waals surface area (Å²) in [4.78, 5) is 25.4. The van der Waals surface area contributed by atoms with Gasteiger partial charge in [-0.05, 0) is 25.5 Å². The lowest BCUT2D eigenvalue weighted by molar-refractivity contribution is -0.148. The SMILES string of the molecule is CC1NC(=O)C(C)N(Cc2cccc(Cl)c2Cl)C1=O. The second kappa shape index (κ2) is 5.39. The normalized spacial score (nSPS) is 23.5. The van der Waals surface area contributed by atoms with Crippen molar-refractivity contribution in [3.63, 3.8) is 0 Å². The lowest BCUT2D eigenvalue weighted by atomic mass is 10.1. The molecule has 1 N–H and O–H groups in total. The van der Waals surface area contributed by atoms with Crippen LogP contribution in [-0.2, 0) is 16.1 Å². The zero-order chi connectivity index (χ0) is 14.2. The Morgan fingerprint density at radius 1 is 1.26 bits per heavy atom.